The summed E-state index contributed by atoms with van der Waals surface area (Å²) in [6, 6.07) is 0. The van der Waals surface area contributed by atoms with Crippen LogP contribution < -0.4 is 5.32 Å². The molecule has 0 saturated heterocycles. The van der Waals surface area contributed by atoms with Gasteiger partial charge in [-0.2, -0.15) is 0 Å². The molecule has 2 nitrogen and oxygen atoms in total. The Labute approximate surface area is 93.7 Å². The summed E-state index contributed by atoms with van der Waals surface area (Å²) in [7, 11) is 0. The summed E-state index contributed by atoms with van der Waals surface area (Å²) in [5, 5.41) is 4.32. The van der Waals surface area contributed by atoms with Crippen LogP contribution in [-0.2, 0) is 0 Å². The molecule has 2 rings (SSSR count). The van der Waals surface area contributed by atoms with Crippen LogP contribution in [0.15, 0.2) is 6.20 Å². The van der Waals surface area contributed by atoms with Crippen LogP contribution in [0.25, 0.3) is 0 Å². The summed E-state index contributed by atoms with van der Waals surface area (Å²) in [5.74, 6) is 0.839. The molecule has 0 bridgehead atoms. The van der Waals surface area contributed by atoms with E-state index in [2.05, 4.69) is 10.3 Å². The van der Waals surface area contributed by atoms with Gasteiger partial charge in [-0.25, -0.2) is 4.98 Å². The first kappa shape index (κ1) is 10.2. The van der Waals surface area contributed by atoms with Crippen molar-refractivity contribution >= 4 is 28.1 Å². The van der Waals surface area contributed by atoms with Gasteiger partial charge in [0.25, 0.3) is 0 Å². The monoisotopic (exact) mass is 230 g/mol. The molecule has 14 heavy (non-hydrogen) atoms. The highest BCUT2D eigenvalue weighted by molar-refractivity contribution is 7.19. The van der Waals surface area contributed by atoms with E-state index in [0.717, 1.165) is 21.9 Å². The number of thiazole rings is 1. The normalized spacial score (nSPS) is 18.4. The van der Waals surface area contributed by atoms with Crippen molar-refractivity contribution < 1.29 is 0 Å². The van der Waals surface area contributed by atoms with E-state index in [0.29, 0.717) is 0 Å². The smallest absolute Gasteiger partial charge is 0.184 e. The SMILES string of the molecule is Clc1cnc(NCC2CCCCC2)s1. The highest BCUT2D eigenvalue weighted by Crippen LogP contribution is 2.26. The molecule has 78 valence electrons. The number of hydrogen-bond donors (Lipinski definition) is 1. The number of nitrogens with one attached hydrogen (secondary N) is 1. The summed E-state index contributed by atoms with van der Waals surface area (Å²) in [6.45, 7) is 1.06. The molecule has 1 aliphatic carbocycles. The number of nitrogens with zero attached hydrogens (tertiary/aromatic N) is 1. The van der Waals surface area contributed by atoms with Crippen LogP contribution in [-0.4, -0.2) is 11.5 Å². The highest BCUT2D eigenvalue weighted by Gasteiger charge is 2.13. The molecule has 4 heteroatoms. The highest BCUT2D eigenvalue weighted by atomic mass is 35.5. The molecule has 0 unspecified atom stereocenters. The van der Waals surface area contributed by atoms with Gasteiger partial charge >= 0.3 is 0 Å². The van der Waals surface area contributed by atoms with Crippen molar-refractivity contribution in [3.05, 3.63) is 10.5 Å². The molecule has 0 aromatic carbocycles. The number of aromatic nitrogens is 1. The lowest BCUT2D eigenvalue weighted by Gasteiger charge is -2.21. The molecular formula is C10H15ClN2S. The number of halogens is 1. The Hall–Kier alpha value is -0.280. The Morgan fingerprint density at radius 1 is 1.43 bits per heavy atom. The summed E-state index contributed by atoms with van der Waals surface area (Å²) in [4.78, 5) is 4.18. The average molecular weight is 231 g/mol. The number of rotatable bonds is 3. The summed E-state index contributed by atoms with van der Waals surface area (Å²) in [6.07, 6.45) is 8.64. The second-order valence-corrected chi connectivity index (χ2v) is 5.52. The van der Waals surface area contributed by atoms with E-state index in [9.17, 15) is 0 Å². The van der Waals surface area contributed by atoms with Crippen molar-refractivity contribution in [3.63, 3.8) is 0 Å². The zero-order valence-corrected chi connectivity index (χ0v) is 9.70. The van der Waals surface area contributed by atoms with E-state index in [-0.39, 0.29) is 0 Å². The third-order valence-electron chi connectivity index (χ3n) is 2.74. The lowest BCUT2D eigenvalue weighted by atomic mass is 9.89. The van der Waals surface area contributed by atoms with E-state index in [1.165, 1.54) is 43.4 Å². The van der Waals surface area contributed by atoms with Crippen LogP contribution >= 0.6 is 22.9 Å². The molecule has 1 aromatic rings. The lowest BCUT2D eigenvalue weighted by Crippen LogP contribution is -2.16. The number of hydrogen-bond acceptors (Lipinski definition) is 3. The van der Waals surface area contributed by atoms with Gasteiger partial charge in [-0.05, 0) is 18.8 Å². The Morgan fingerprint density at radius 2 is 2.21 bits per heavy atom. The van der Waals surface area contributed by atoms with Gasteiger partial charge in [0.1, 0.15) is 4.34 Å². The first-order valence-electron chi connectivity index (χ1n) is 5.20. The van der Waals surface area contributed by atoms with Gasteiger partial charge in [-0.3, -0.25) is 0 Å². The zero-order chi connectivity index (χ0) is 9.80. The summed E-state index contributed by atoms with van der Waals surface area (Å²) < 4.78 is 0.760. The zero-order valence-electron chi connectivity index (χ0n) is 8.13. The molecule has 0 radical (unpaired) electrons. The average Bonchev–Trinajstić information content (AvgIpc) is 2.63. The molecule has 0 atom stereocenters. The van der Waals surface area contributed by atoms with Gasteiger partial charge in [0, 0.05) is 6.54 Å². The first-order chi connectivity index (χ1) is 6.84. The van der Waals surface area contributed by atoms with Crippen molar-refractivity contribution in [2.24, 2.45) is 5.92 Å². The molecule has 0 aliphatic heterocycles. The van der Waals surface area contributed by atoms with Crippen LogP contribution in [0.5, 0.6) is 0 Å². The fraction of sp³-hybridized carbons (Fsp3) is 0.700. The molecule has 0 spiro atoms. The van der Waals surface area contributed by atoms with E-state index in [1.54, 1.807) is 6.20 Å². The summed E-state index contributed by atoms with van der Waals surface area (Å²) >= 11 is 7.32. The Kier molecular flexibility index (Phi) is 3.65. The van der Waals surface area contributed by atoms with Crippen molar-refractivity contribution in [2.45, 2.75) is 32.1 Å². The molecule has 1 saturated carbocycles. The molecule has 1 aromatic heterocycles. The Bertz CT molecular complexity index is 281. The maximum Gasteiger partial charge on any atom is 0.184 e. The van der Waals surface area contributed by atoms with Crippen molar-refractivity contribution in [1.82, 2.24) is 4.98 Å². The molecule has 1 heterocycles. The molecule has 1 aliphatic rings. The lowest BCUT2D eigenvalue weighted by molar-refractivity contribution is 0.373. The van der Waals surface area contributed by atoms with E-state index < -0.39 is 0 Å². The van der Waals surface area contributed by atoms with E-state index >= 15 is 0 Å². The summed E-state index contributed by atoms with van der Waals surface area (Å²) in [5.41, 5.74) is 0. The van der Waals surface area contributed by atoms with Gasteiger partial charge in [-0.1, -0.05) is 42.2 Å². The maximum atomic E-state index is 5.80. The minimum Gasteiger partial charge on any atom is -0.361 e. The van der Waals surface area contributed by atoms with E-state index in [1.807, 2.05) is 0 Å². The van der Waals surface area contributed by atoms with Crippen LogP contribution in [0.2, 0.25) is 4.34 Å². The standard InChI is InChI=1S/C10H15ClN2S/c11-9-7-13-10(14-9)12-6-8-4-2-1-3-5-8/h7-8H,1-6H2,(H,12,13). The minimum atomic E-state index is 0.760. The van der Waals surface area contributed by atoms with Gasteiger partial charge in [-0.15, -0.1) is 0 Å². The van der Waals surface area contributed by atoms with Crippen LogP contribution in [0, 0.1) is 5.92 Å². The topological polar surface area (TPSA) is 24.9 Å². The molecular weight excluding hydrogens is 216 g/mol. The van der Waals surface area contributed by atoms with E-state index in [4.69, 9.17) is 11.6 Å². The quantitative estimate of drug-likeness (QED) is 0.855. The molecule has 1 N–H and O–H groups in total. The number of anilines is 1. The van der Waals surface area contributed by atoms with Gasteiger partial charge in [0.2, 0.25) is 0 Å². The van der Waals surface area contributed by atoms with Crippen LogP contribution in [0.1, 0.15) is 32.1 Å². The minimum absolute atomic E-state index is 0.760. The Balaban J connectivity index is 1.76. The Morgan fingerprint density at radius 3 is 2.86 bits per heavy atom. The van der Waals surface area contributed by atoms with Crippen LogP contribution in [0.4, 0.5) is 5.13 Å². The molecule has 0 amide bonds. The van der Waals surface area contributed by atoms with Gasteiger partial charge in [0.05, 0.1) is 6.20 Å². The third-order valence-corrected chi connectivity index (χ3v) is 3.82. The van der Waals surface area contributed by atoms with Crippen molar-refractivity contribution in [2.75, 3.05) is 11.9 Å². The fourth-order valence-electron chi connectivity index (χ4n) is 1.96. The second kappa shape index (κ2) is 4.99. The predicted molar refractivity (Wildman–Crippen MR) is 62.2 cm³/mol. The fourth-order valence-corrected chi connectivity index (χ4v) is 2.78. The van der Waals surface area contributed by atoms with Crippen molar-refractivity contribution in [1.29, 1.82) is 0 Å². The van der Waals surface area contributed by atoms with Gasteiger partial charge in [0.15, 0.2) is 5.13 Å². The second-order valence-electron chi connectivity index (χ2n) is 3.85. The largest absolute Gasteiger partial charge is 0.361 e. The predicted octanol–water partition coefficient (Wildman–Crippen LogP) is 3.79. The maximum absolute atomic E-state index is 5.80. The van der Waals surface area contributed by atoms with Gasteiger partial charge < -0.3 is 5.32 Å². The third kappa shape index (κ3) is 2.85. The van der Waals surface area contributed by atoms with Crippen LogP contribution in [0.3, 0.4) is 0 Å². The van der Waals surface area contributed by atoms with Crippen molar-refractivity contribution in [3.8, 4) is 0 Å². The molecule has 1 fully saturated rings. The first-order valence-corrected chi connectivity index (χ1v) is 6.39.